The van der Waals surface area contributed by atoms with Gasteiger partial charge in [-0.25, -0.2) is 9.69 Å². The fourth-order valence-electron chi connectivity index (χ4n) is 4.54. The lowest BCUT2D eigenvalue weighted by atomic mass is 9.65. The van der Waals surface area contributed by atoms with Crippen molar-refractivity contribution in [1.29, 1.82) is 0 Å². The van der Waals surface area contributed by atoms with Gasteiger partial charge in [-0.15, -0.1) is 0 Å². The molecule has 1 atom stereocenters. The normalized spacial score (nSPS) is 34.6. The zero-order valence-corrected chi connectivity index (χ0v) is 16.1. The molecule has 3 rings (SSSR count). The Hall–Kier alpha value is -1.14. The minimum atomic E-state index is -0.657. The maximum atomic E-state index is 13.1. The number of hydrogen-bond donors (Lipinski definition) is 1. The van der Waals surface area contributed by atoms with E-state index in [0.29, 0.717) is 24.6 Å². The van der Waals surface area contributed by atoms with E-state index in [2.05, 4.69) is 31.0 Å². The van der Waals surface area contributed by atoms with Gasteiger partial charge in [0.1, 0.15) is 5.54 Å². The topological polar surface area (TPSA) is 61.9 Å². The van der Waals surface area contributed by atoms with Crippen LogP contribution in [0.3, 0.4) is 0 Å². The van der Waals surface area contributed by atoms with Gasteiger partial charge in [0.15, 0.2) is 0 Å². The molecule has 0 bridgehead atoms. The number of nitrogens with one attached hydrogen (secondary N) is 1. The highest BCUT2D eigenvalue weighted by Gasteiger charge is 2.53. The fourth-order valence-corrected chi connectivity index (χ4v) is 4.54. The Kier molecular flexibility index (Phi) is 5.13. The van der Waals surface area contributed by atoms with Crippen LogP contribution in [-0.4, -0.2) is 59.7 Å². The molecule has 3 aliphatic rings. The summed E-state index contributed by atoms with van der Waals surface area (Å²) in [5, 5.41) is 3.04. The van der Waals surface area contributed by atoms with Crippen LogP contribution in [0.2, 0.25) is 0 Å². The van der Waals surface area contributed by atoms with Gasteiger partial charge < -0.3 is 10.1 Å². The van der Waals surface area contributed by atoms with Gasteiger partial charge in [-0.3, -0.25) is 9.69 Å². The Balaban J connectivity index is 1.63. The molecule has 0 aromatic rings. The Morgan fingerprint density at radius 3 is 2.56 bits per heavy atom. The Labute approximate surface area is 151 Å². The minimum Gasteiger partial charge on any atom is -0.376 e. The quantitative estimate of drug-likeness (QED) is 0.791. The van der Waals surface area contributed by atoms with Crippen molar-refractivity contribution in [2.75, 3.05) is 26.4 Å². The van der Waals surface area contributed by atoms with Gasteiger partial charge in [0.25, 0.3) is 5.91 Å². The van der Waals surface area contributed by atoms with Gasteiger partial charge in [-0.2, -0.15) is 0 Å². The summed E-state index contributed by atoms with van der Waals surface area (Å²) >= 11 is 0. The first kappa shape index (κ1) is 18.6. The van der Waals surface area contributed by atoms with E-state index in [1.165, 1.54) is 4.90 Å². The lowest BCUT2D eigenvalue weighted by molar-refractivity contribution is -0.135. The summed E-state index contributed by atoms with van der Waals surface area (Å²) in [5.41, 5.74) is -0.355. The molecule has 3 amide bonds. The molecule has 1 saturated carbocycles. The monoisotopic (exact) mass is 351 g/mol. The minimum absolute atomic E-state index is 0.0237. The lowest BCUT2D eigenvalue weighted by Crippen LogP contribution is -2.52. The van der Waals surface area contributed by atoms with Gasteiger partial charge >= 0.3 is 6.03 Å². The van der Waals surface area contributed by atoms with Gasteiger partial charge in [-0.1, -0.05) is 27.2 Å². The number of carbonyl (C=O) groups excluding carboxylic acids is 2. The summed E-state index contributed by atoms with van der Waals surface area (Å²) < 4.78 is 5.54. The van der Waals surface area contributed by atoms with Crippen molar-refractivity contribution in [3.63, 3.8) is 0 Å². The van der Waals surface area contributed by atoms with Gasteiger partial charge in [0.05, 0.1) is 19.4 Å². The van der Waals surface area contributed by atoms with Crippen molar-refractivity contribution in [3.05, 3.63) is 0 Å². The van der Waals surface area contributed by atoms with Crippen molar-refractivity contribution in [2.45, 2.75) is 71.4 Å². The average Bonchev–Trinajstić information content (AvgIpc) is 2.80. The molecule has 1 aliphatic carbocycles. The van der Waals surface area contributed by atoms with E-state index in [9.17, 15) is 9.59 Å². The summed E-state index contributed by atoms with van der Waals surface area (Å²) in [7, 11) is 0. The number of urea groups is 1. The zero-order valence-electron chi connectivity index (χ0n) is 16.1. The SMILES string of the molecule is CCC(C)(C)C1CCC2(CC1)NC(=O)N(CN1CCO[C@@H](C)C1)C2=O. The van der Waals surface area contributed by atoms with Crippen molar-refractivity contribution < 1.29 is 14.3 Å². The molecule has 2 heterocycles. The van der Waals surface area contributed by atoms with E-state index in [-0.39, 0.29) is 18.0 Å². The van der Waals surface area contributed by atoms with Crippen molar-refractivity contribution in [3.8, 4) is 0 Å². The van der Waals surface area contributed by atoms with Crippen LogP contribution in [0.1, 0.15) is 59.8 Å². The molecule has 2 aliphatic heterocycles. The molecular formula is C19H33N3O3. The molecule has 0 aromatic carbocycles. The van der Waals surface area contributed by atoms with Crippen LogP contribution >= 0.6 is 0 Å². The van der Waals surface area contributed by atoms with Crippen LogP contribution in [-0.2, 0) is 9.53 Å². The molecule has 1 N–H and O–H groups in total. The zero-order chi connectivity index (χ0) is 18.2. The van der Waals surface area contributed by atoms with Crippen LogP contribution in [0.25, 0.3) is 0 Å². The first-order chi connectivity index (χ1) is 11.8. The van der Waals surface area contributed by atoms with E-state index in [1.807, 2.05) is 6.92 Å². The first-order valence-corrected chi connectivity index (χ1v) is 9.75. The molecule has 142 valence electrons. The van der Waals surface area contributed by atoms with E-state index >= 15 is 0 Å². The van der Waals surface area contributed by atoms with Gasteiger partial charge in [0.2, 0.25) is 0 Å². The predicted octanol–water partition coefficient (Wildman–Crippen LogP) is 2.58. The van der Waals surface area contributed by atoms with Crippen molar-refractivity contribution >= 4 is 11.9 Å². The van der Waals surface area contributed by atoms with E-state index in [0.717, 1.165) is 45.2 Å². The van der Waals surface area contributed by atoms with Crippen LogP contribution < -0.4 is 5.32 Å². The molecule has 3 fully saturated rings. The molecular weight excluding hydrogens is 318 g/mol. The third-order valence-electron chi connectivity index (χ3n) is 6.77. The molecule has 0 unspecified atom stereocenters. The molecule has 6 nitrogen and oxygen atoms in total. The maximum absolute atomic E-state index is 13.1. The van der Waals surface area contributed by atoms with Crippen molar-refractivity contribution in [1.82, 2.24) is 15.1 Å². The highest BCUT2D eigenvalue weighted by Crippen LogP contribution is 2.45. The number of hydrogen-bond acceptors (Lipinski definition) is 4. The maximum Gasteiger partial charge on any atom is 0.326 e. The highest BCUT2D eigenvalue weighted by molar-refractivity contribution is 6.07. The largest absolute Gasteiger partial charge is 0.376 e. The standard InChI is InChI=1S/C19H33N3O3/c1-5-18(3,4)15-6-8-19(9-7-15)16(23)22(17(24)20-19)13-21-10-11-25-14(2)12-21/h14-15H,5-13H2,1-4H3,(H,20,24)/t14-,15?,19?/m0/s1. The first-order valence-electron chi connectivity index (χ1n) is 9.75. The summed E-state index contributed by atoms with van der Waals surface area (Å²) in [6, 6.07) is -0.225. The molecule has 0 aromatic heterocycles. The predicted molar refractivity (Wildman–Crippen MR) is 96.0 cm³/mol. The third-order valence-corrected chi connectivity index (χ3v) is 6.77. The lowest BCUT2D eigenvalue weighted by Gasteiger charge is -2.42. The number of imide groups is 1. The van der Waals surface area contributed by atoms with Crippen LogP contribution in [0.4, 0.5) is 4.79 Å². The second-order valence-electron chi connectivity index (χ2n) is 8.76. The number of amides is 3. The second kappa shape index (κ2) is 6.88. The van der Waals surface area contributed by atoms with Crippen molar-refractivity contribution in [2.24, 2.45) is 11.3 Å². The summed E-state index contributed by atoms with van der Waals surface area (Å²) in [4.78, 5) is 29.1. The molecule has 6 heteroatoms. The number of nitrogens with zero attached hydrogens (tertiary/aromatic N) is 2. The Morgan fingerprint density at radius 2 is 1.96 bits per heavy atom. The number of rotatable bonds is 4. The summed E-state index contributed by atoms with van der Waals surface area (Å²) in [6.07, 6.45) is 4.84. The molecule has 0 radical (unpaired) electrons. The summed E-state index contributed by atoms with van der Waals surface area (Å²) in [6.45, 7) is 11.5. The number of morpholine rings is 1. The second-order valence-corrected chi connectivity index (χ2v) is 8.76. The molecule has 25 heavy (non-hydrogen) atoms. The summed E-state index contributed by atoms with van der Waals surface area (Å²) in [5.74, 6) is 0.603. The van der Waals surface area contributed by atoms with Crippen LogP contribution in [0.5, 0.6) is 0 Å². The molecule has 2 saturated heterocycles. The number of carbonyl (C=O) groups is 2. The third kappa shape index (κ3) is 3.56. The Morgan fingerprint density at radius 1 is 1.28 bits per heavy atom. The number of ether oxygens (including phenoxy) is 1. The highest BCUT2D eigenvalue weighted by atomic mass is 16.5. The van der Waals surface area contributed by atoms with Crippen LogP contribution in [0.15, 0.2) is 0 Å². The van der Waals surface area contributed by atoms with E-state index in [4.69, 9.17) is 4.74 Å². The Bertz CT molecular complexity index is 526. The fraction of sp³-hybridized carbons (Fsp3) is 0.895. The van der Waals surface area contributed by atoms with E-state index in [1.54, 1.807) is 0 Å². The van der Waals surface area contributed by atoms with E-state index < -0.39 is 5.54 Å². The average molecular weight is 351 g/mol. The van der Waals surface area contributed by atoms with Gasteiger partial charge in [0, 0.05) is 13.1 Å². The smallest absolute Gasteiger partial charge is 0.326 e. The van der Waals surface area contributed by atoms with Crippen LogP contribution in [0, 0.1) is 11.3 Å². The van der Waals surface area contributed by atoms with Gasteiger partial charge in [-0.05, 0) is 43.9 Å². The molecule has 1 spiro atoms.